The number of nitrogens with zero attached hydrogens (tertiary/aromatic N) is 1. The third-order valence-electron chi connectivity index (χ3n) is 3.61. The Morgan fingerprint density at radius 1 is 1.14 bits per heavy atom. The Bertz CT molecular complexity index is 812. The highest BCUT2D eigenvalue weighted by atomic mass is 16.7. The number of primary amides is 1. The average Bonchev–Trinajstić information content (AvgIpc) is 2.53. The largest absolute Gasteiger partial charge is 0.366 e. The Labute approximate surface area is 122 Å². The van der Waals surface area contributed by atoms with E-state index in [1.165, 1.54) is 0 Å². The summed E-state index contributed by atoms with van der Waals surface area (Å²) in [6.07, 6.45) is 2.09. The first kappa shape index (κ1) is 13.4. The van der Waals surface area contributed by atoms with Crippen molar-refractivity contribution in [3.63, 3.8) is 0 Å². The summed E-state index contributed by atoms with van der Waals surface area (Å²) >= 11 is 0. The fourth-order valence-corrected chi connectivity index (χ4v) is 2.65. The maximum atomic E-state index is 11.7. The van der Waals surface area contributed by atoms with E-state index in [4.69, 9.17) is 10.6 Å². The van der Waals surface area contributed by atoms with Gasteiger partial charge in [-0.1, -0.05) is 48.5 Å². The molecule has 2 aromatic rings. The highest BCUT2D eigenvalue weighted by molar-refractivity contribution is 5.97. The van der Waals surface area contributed by atoms with Crippen molar-refractivity contribution in [3.05, 3.63) is 70.1 Å². The van der Waals surface area contributed by atoms with Gasteiger partial charge in [-0.2, -0.15) is 0 Å². The van der Waals surface area contributed by atoms with E-state index in [1.54, 1.807) is 18.2 Å². The second-order valence-corrected chi connectivity index (χ2v) is 4.79. The minimum absolute atomic E-state index is 0.443. The molecule has 0 fully saturated rings. The molecule has 0 spiro atoms. The van der Waals surface area contributed by atoms with Crippen LogP contribution in [-0.2, 0) is 4.84 Å². The van der Waals surface area contributed by atoms with E-state index in [0.717, 1.165) is 21.7 Å². The van der Waals surface area contributed by atoms with Gasteiger partial charge in [-0.25, -0.2) is 5.06 Å². The number of carbonyl (C=O) groups is 1. The van der Waals surface area contributed by atoms with Crippen LogP contribution in [0.5, 0.6) is 0 Å². The zero-order valence-electron chi connectivity index (χ0n) is 11.7. The van der Waals surface area contributed by atoms with Crippen LogP contribution in [0.4, 0.5) is 0 Å². The Hall–Kier alpha value is -2.59. The second-order valence-electron chi connectivity index (χ2n) is 4.79. The van der Waals surface area contributed by atoms with Crippen molar-refractivity contribution < 1.29 is 9.63 Å². The highest BCUT2D eigenvalue weighted by Gasteiger charge is 2.19. The van der Waals surface area contributed by atoms with Crippen molar-refractivity contribution in [3.8, 4) is 0 Å². The summed E-state index contributed by atoms with van der Waals surface area (Å²) in [6.45, 7) is 0.621. The molecule has 1 aliphatic rings. The van der Waals surface area contributed by atoms with Gasteiger partial charge in [-0.15, -0.1) is 0 Å². The molecule has 0 bridgehead atoms. The van der Waals surface area contributed by atoms with Crippen molar-refractivity contribution in [2.45, 2.75) is 0 Å². The lowest BCUT2D eigenvalue weighted by molar-refractivity contribution is -0.0650. The number of hydrogen-bond acceptors (Lipinski definition) is 3. The van der Waals surface area contributed by atoms with Crippen LogP contribution < -0.4 is 16.2 Å². The highest BCUT2D eigenvalue weighted by Crippen LogP contribution is 2.21. The van der Waals surface area contributed by atoms with Crippen LogP contribution in [0.1, 0.15) is 15.9 Å². The number of carbonyl (C=O) groups excluding carboxylic acids is 1. The SMILES string of the molecule is CON1CC=c2ccccc2=C1c1ccccc1C(N)=O. The number of benzene rings is 2. The summed E-state index contributed by atoms with van der Waals surface area (Å²) in [4.78, 5) is 17.2. The van der Waals surface area contributed by atoms with Crippen LogP contribution in [0.15, 0.2) is 48.5 Å². The number of nitrogens with two attached hydrogens (primary N) is 1. The van der Waals surface area contributed by atoms with Gasteiger partial charge in [-0.3, -0.25) is 9.63 Å². The first-order chi connectivity index (χ1) is 10.2. The Morgan fingerprint density at radius 3 is 2.62 bits per heavy atom. The summed E-state index contributed by atoms with van der Waals surface area (Å²) < 4.78 is 0. The van der Waals surface area contributed by atoms with Gasteiger partial charge in [-0.05, 0) is 11.3 Å². The van der Waals surface area contributed by atoms with Crippen LogP contribution in [0, 0.1) is 0 Å². The van der Waals surface area contributed by atoms with Crippen LogP contribution in [0.2, 0.25) is 0 Å². The fourth-order valence-electron chi connectivity index (χ4n) is 2.65. The minimum atomic E-state index is -0.443. The summed E-state index contributed by atoms with van der Waals surface area (Å²) in [5, 5.41) is 3.92. The number of rotatable bonds is 3. The van der Waals surface area contributed by atoms with Gasteiger partial charge in [0.05, 0.1) is 19.4 Å². The number of hydrogen-bond donors (Lipinski definition) is 1. The quantitative estimate of drug-likeness (QED) is 0.896. The van der Waals surface area contributed by atoms with Gasteiger partial charge < -0.3 is 5.73 Å². The molecule has 0 radical (unpaired) electrons. The zero-order chi connectivity index (χ0) is 14.8. The Balaban J connectivity index is 2.38. The third-order valence-corrected chi connectivity index (χ3v) is 3.61. The molecule has 0 aromatic heterocycles. The molecule has 106 valence electrons. The lowest BCUT2D eigenvalue weighted by atomic mass is 9.99. The van der Waals surface area contributed by atoms with Gasteiger partial charge in [0, 0.05) is 16.3 Å². The van der Waals surface area contributed by atoms with Crippen molar-refractivity contribution in [1.29, 1.82) is 0 Å². The lowest BCUT2D eigenvalue weighted by Crippen LogP contribution is -2.40. The van der Waals surface area contributed by atoms with E-state index >= 15 is 0 Å². The number of hydroxylamine groups is 2. The normalized spacial score (nSPS) is 13.6. The van der Waals surface area contributed by atoms with Crippen molar-refractivity contribution in [1.82, 2.24) is 5.06 Å². The van der Waals surface area contributed by atoms with Crippen molar-refractivity contribution in [2.75, 3.05) is 13.7 Å². The molecule has 2 aromatic carbocycles. The van der Waals surface area contributed by atoms with Gasteiger partial charge in [0.15, 0.2) is 0 Å². The predicted molar refractivity (Wildman–Crippen MR) is 81.3 cm³/mol. The van der Waals surface area contributed by atoms with Gasteiger partial charge in [0.25, 0.3) is 0 Å². The monoisotopic (exact) mass is 280 g/mol. The third kappa shape index (κ3) is 2.30. The number of amides is 1. The maximum absolute atomic E-state index is 11.7. The van der Waals surface area contributed by atoms with Crippen LogP contribution in [0.3, 0.4) is 0 Å². The zero-order valence-corrected chi connectivity index (χ0v) is 11.7. The van der Waals surface area contributed by atoms with E-state index in [1.807, 2.05) is 36.4 Å². The van der Waals surface area contributed by atoms with Crippen LogP contribution in [0.25, 0.3) is 11.8 Å². The fraction of sp³-hybridized carbons (Fsp3) is 0.118. The molecule has 0 unspecified atom stereocenters. The number of fused-ring (bicyclic) bond motifs is 1. The van der Waals surface area contributed by atoms with Gasteiger partial charge in [0.2, 0.25) is 5.91 Å². The molecule has 3 rings (SSSR count). The molecule has 1 aliphatic heterocycles. The molecule has 0 saturated heterocycles. The van der Waals surface area contributed by atoms with Gasteiger partial charge >= 0.3 is 0 Å². The van der Waals surface area contributed by atoms with E-state index < -0.39 is 5.91 Å². The Kier molecular flexibility index (Phi) is 3.46. The summed E-state index contributed by atoms with van der Waals surface area (Å²) in [7, 11) is 1.62. The standard InChI is InChI=1S/C17H16N2O2/c1-21-19-11-10-12-6-2-3-7-13(12)16(19)14-8-4-5-9-15(14)17(18)20/h2-10H,11H2,1H3,(H2,18,20). The van der Waals surface area contributed by atoms with Gasteiger partial charge in [0.1, 0.15) is 0 Å². The molecular weight excluding hydrogens is 264 g/mol. The second kappa shape index (κ2) is 5.42. The van der Waals surface area contributed by atoms with E-state index in [9.17, 15) is 4.79 Å². The summed E-state index contributed by atoms with van der Waals surface area (Å²) in [6, 6.07) is 15.4. The molecular formula is C17H16N2O2. The van der Waals surface area contributed by atoms with Crippen LogP contribution in [-0.4, -0.2) is 24.6 Å². The van der Waals surface area contributed by atoms with Crippen LogP contribution >= 0.6 is 0 Å². The predicted octanol–water partition coefficient (Wildman–Crippen LogP) is 0.600. The van der Waals surface area contributed by atoms with Crippen molar-refractivity contribution in [2.24, 2.45) is 5.73 Å². The molecule has 4 nitrogen and oxygen atoms in total. The first-order valence-corrected chi connectivity index (χ1v) is 6.73. The molecule has 0 saturated carbocycles. The summed E-state index contributed by atoms with van der Waals surface area (Å²) in [5.41, 5.74) is 7.65. The van der Waals surface area contributed by atoms with Crippen molar-refractivity contribution >= 4 is 17.7 Å². The molecule has 0 aliphatic carbocycles. The average molecular weight is 280 g/mol. The lowest BCUT2D eigenvalue weighted by Gasteiger charge is -2.27. The molecule has 1 heterocycles. The molecule has 4 heteroatoms. The summed E-state index contributed by atoms with van der Waals surface area (Å²) in [5.74, 6) is -0.443. The Morgan fingerprint density at radius 2 is 1.86 bits per heavy atom. The maximum Gasteiger partial charge on any atom is 0.249 e. The molecule has 2 N–H and O–H groups in total. The molecule has 21 heavy (non-hydrogen) atoms. The molecule has 1 amide bonds. The minimum Gasteiger partial charge on any atom is -0.366 e. The smallest absolute Gasteiger partial charge is 0.249 e. The molecule has 0 atom stereocenters. The van der Waals surface area contributed by atoms with E-state index in [2.05, 4.69) is 12.1 Å². The van der Waals surface area contributed by atoms with E-state index in [0.29, 0.717) is 12.1 Å². The van der Waals surface area contributed by atoms with E-state index in [-0.39, 0.29) is 0 Å². The topological polar surface area (TPSA) is 55.6 Å². The first-order valence-electron chi connectivity index (χ1n) is 6.73.